The number of benzene rings is 1. The second kappa shape index (κ2) is 9.27. The summed E-state index contributed by atoms with van der Waals surface area (Å²) in [5.41, 5.74) is 0. The third-order valence-corrected chi connectivity index (χ3v) is 6.05. The Bertz CT molecular complexity index is 613. The van der Waals surface area contributed by atoms with Gasteiger partial charge in [-0.3, -0.25) is 9.69 Å². The van der Waals surface area contributed by atoms with Crippen LogP contribution in [-0.4, -0.2) is 66.2 Å². The van der Waals surface area contributed by atoms with Crippen LogP contribution in [0.4, 0.5) is 0 Å². The summed E-state index contributed by atoms with van der Waals surface area (Å²) < 4.78 is 6.05. The van der Waals surface area contributed by atoms with Gasteiger partial charge in [-0.1, -0.05) is 23.2 Å². The summed E-state index contributed by atoms with van der Waals surface area (Å²) in [6, 6.07) is 5.41. The van der Waals surface area contributed by atoms with Crippen LogP contribution < -0.4 is 4.74 Å². The first-order chi connectivity index (χ1) is 12.5. The number of rotatable bonds is 6. The number of halogens is 2. The van der Waals surface area contributed by atoms with Crippen LogP contribution in [0.2, 0.25) is 10.0 Å². The molecule has 0 atom stereocenters. The van der Waals surface area contributed by atoms with Gasteiger partial charge in [0.2, 0.25) is 0 Å². The predicted molar refractivity (Wildman–Crippen MR) is 103 cm³/mol. The van der Waals surface area contributed by atoms with Gasteiger partial charge in [0.1, 0.15) is 11.9 Å². The number of likely N-dealkylation sites (tertiary alicyclic amines) is 2. The molecule has 2 saturated heterocycles. The van der Waals surface area contributed by atoms with Crippen molar-refractivity contribution in [3.63, 3.8) is 0 Å². The van der Waals surface area contributed by atoms with Gasteiger partial charge in [-0.15, -0.1) is 0 Å². The molecule has 144 valence electrons. The summed E-state index contributed by atoms with van der Waals surface area (Å²) in [4.78, 5) is 15.3. The van der Waals surface area contributed by atoms with Gasteiger partial charge in [0, 0.05) is 25.7 Å². The maximum Gasteiger partial charge on any atom is 0.317 e. The molecule has 0 spiro atoms. The van der Waals surface area contributed by atoms with Crippen LogP contribution in [0.25, 0.3) is 0 Å². The molecule has 2 heterocycles. The van der Waals surface area contributed by atoms with Crippen LogP contribution in [0.5, 0.6) is 5.75 Å². The predicted octanol–water partition coefficient (Wildman–Crippen LogP) is 3.63. The smallest absolute Gasteiger partial charge is 0.317 e. The fraction of sp³-hybridized carbons (Fsp3) is 0.632. The molecule has 1 N–H and O–H groups in total. The lowest BCUT2D eigenvalue weighted by Gasteiger charge is -2.37. The molecule has 5 nitrogen and oxygen atoms in total. The second-order valence-corrected chi connectivity index (χ2v) is 8.12. The highest BCUT2D eigenvalue weighted by atomic mass is 35.5. The summed E-state index contributed by atoms with van der Waals surface area (Å²) >= 11 is 12.0. The van der Waals surface area contributed by atoms with Gasteiger partial charge in [-0.2, -0.15) is 0 Å². The molecule has 0 saturated carbocycles. The molecule has 3 rings (SSSR count). The third kappa shape index (κ3) is 5.74. The highest BCUT2D eigenvalue weighted by molar-refractivity contribution is 6.42. The molecule has 0 unspecified atom stereocenters. The van der Waals surface area contributed by atoms with Crippen molar-refractivity contribution in [2.45, 2.75) is 31.8 Å². The first kappa shape index (κ1) is 19.7. The van der Waals surface area contributed by atoms with E-state index >= 15 is 0 Å². The van der Waals surface area contributed by atoms with Gasteiger partial charge >= 0.3 is 5.97 Å². The zero-order valence-corrected chi connectivity index (χ0v) is 16.4. The van der Waals surface area contributed by atoms with E-state index in [4.69, 9.17) is 33.0 Å². The van der Waals surface area contributed by atoms with Gasteiger partial charge in [0.25, 0.3) is 0 Å². The number of carbonyl (C=O) groups is 1. The van der Waals surface area contributed by atoms with E-state index in [9.17, 15) is 4.79 Å². The molecular formula is C19H26Cl2N2O3. The van der Waals surface area contributed by atoms with E-state index in [-0.39, 0.29) is 12.6 Å². The lowest BCUT2D eigenvalue weighted by molar-refractivity contribution is -0.138. The Balaban J connectivity index is 1.37. The number of piperidine rings is 2. The van der Waals surface area contributed by atoms with Gasteiger partial charge in [-0.25, -0.2) is 0 Å². The number of carboxylic acid groups (broad SMARTS) is 1. The SMILES string of the molecule is O=C(O)CN1CCC(CN2CCC(Oc3ccc(Cl)c(Cl)c3)CC2)CC1. The third-order valence-electron chi connectivity index (χ3n) is 5.31. The molecule has 26 heavy (non-hydrogen) atoms. The molecule has 7 heteroatoms. The Morgan fingerprint density at radius 3 is 2.31 bits per heavy atom. The average Bonchev–Trinajstić information content (AvgIpc) is 2.61. The van der Waals surface area contributed by atoms with Crippen molar-refractivity contribution in [2.24, 2.45) is 5.92 Å². The van der Waals surface area contributed by atoms with Crippen molar-refractivity contribution in [3.8, 4) is 5.75 Å². The number of hydrogen-bond acceptors (Lipinski definition) is 4. The summed E-state index contributed by atoms with van der Waals surface area (Å²) in [5.74, 6) is 0.726. The molecule has 0 amide bonds. The molecule has 1 aromatic rings. The number of ether oxygens (including phenoxy) is 1. The van der Waals surface area contributed by atoms with E-state index in [0.717, 1.165) is 64.2 Å². The minimum Gasteiger partial charge on any atom is -0.490 e. The van der Waals surface area contributed by atoms with Crippen molar-refractivity contribution in [1.29, 1.82) is 0 Å². The van der Waals surface area contributed by atoms with E-state index in [1.807, 2.05) is 11.0 Å². The normalized spacial score (nSPS) is 21.0. The van der Waals surface area contributed by atoms with Gasteiger partial charge in [-0.05, 0) is 56.8 Å². The number of nitrogens with zero attached hydrogens (tertiary/aromatic N) is 2. The Hall–Kier alpha value is -1.01. The first-order valence-electron chi connectivity index (χ1n) is 9.28. The molecule has 0 bridgehead atoms. The first-order valence-corrected chi connectivity index (χ1v) is 10.0. The van der Waals surface area contributed by atoms with Crippen LogP contribution in [0.3, 0.4) is 0 Å². The number of aliphatic carboxylic acids is 1. The highest BCUT2D eigenvalue weighted by Crippen LogP contribution is 2.28. The van der Waals surface area contributed by atoms with Gasteiger partial charge < -0.3 is 14.7 Å². The second-order valence-electron chi connectivity index (χ2n) is 7.31. The monoisotopic (exact) mass is 400 g/mol. The fourth-order valence-corrected chi connectivity index (χ4v) is 4.12. The van der Waals surface area contributed by atoms with Crippen molar-refractivity contribution in [1.82, 2.24) is 9.80 Å². The molecule has 2 aliphatic heterocycles. The highest BCUT2D eigenvalue weighted by Gasteiger charge is 2.26. The number of hydrogen-bond donors (Lipinski definition) is 1. The molecule has 0 aromatic heterocycles. The Morgan fingerprint density at radius 1 is 1.04 bits per heavy atom. The quantitative estimate of drug-likeness (QED) is 0.789. The molecule has 0 radical (unpaired) electrons. The van der Waals surface area contributed by atoms with Crippen molar-refractivity contribution in [3.05, 3.63) is 28.2 Å². The van der Waals surface area contributed by atoms with E-state index in [1.165, 1.54) is 0 Å². The Kier molecular flexibility index (Phi) is 7.04. The van der Waals surface area contributed by atoms with Crippen molar-refractivity contribution >= 4 is 29.2 Å². The minimum absolute atomic E-state index is 0.171. The molecular weight excluding hydrogens is 375 g/mol. The maximum absolute atomic E-state index is 10.8. The fourth-order valence-electron chi connectivity index (χ4n) is 3.84. The van der Waals surface area contributed by atoms with Gasteiger partial charge in [0.15, 0.2) is 0 Å². The largest absolute Gasteiger partial charge is 0.490 e. The topological polar surface area (TPSA) is 53.0 Å². The van der Waals surface area contributed by atoms with Crippen molar-refractivity contribution < 1.29 is 14.6 Å². The lowest BCUT2D eigenvalue weighted by Crippen LogP contribution is -2.44. The van der Waals surface area contributed by atoms with Crippen LogP contribution in [0.15, 0.2) is 18.2 Å². The summed E-state index contributed by atoms with van der Waals surface area (Å²) in [6.07, 6.45) is 4.43. The van der Waals surface area contributed by atoms with Crippen LogP contribution >= 0.6 is 23.2 Å². The Labute approximate surface area is 164 Å². The van der Waals surface area contributed by atoms with Gasteiger partial charge in [0.05, 0.1) is 16.6 Å². The average molecular weight is 401 g/mol. The molecule has 1 aromatic carbocycles. The number of carboxylic acids is 1. The summed E-state index contributed by atoms with van der Waals surface area (Å²) in [7, 11) is 0. The molecule has 2 aliphatic rings. The zero-order valence-electron chi connectivity index (χ0n) is 14.9. The summed E-state index contributed by atoms with van der Waals surface area (Å²) in [6.45, 7) is 5.16. The van der Waals surface area contributed by atoms with Crippen molar-refractivity contribution in [2.75, 3.05) is 39.3 Å². The standard InChI is InChI=1S/C19H26Cl2N2O3/c20-17-2-1-16(11-18(17)21)26-15-5-9-22(10-6-15)12-14-3-7-23(8-4-14)13-19(24)25/h1-2,11,14-15H,3-10,12-13H2,(H,24,25). The maximum atomic E-state index is 10.8. The van der Waals surface area contributed by atoms with Crippen LogP contribution in [-0.2, 0) is 4.79 Å². The van der Waals surface area contributed by atoms with E-state index < -0.39 is 5.97 Å². The minimum atomic E-state index is -0.729. The van der Waals surface area contributed by atoms with Crippen LogP contribution in [0.1, 0.15) is 25.7 Å². The zero-order chi connectivity index (χ0) is 18.5. The molecule has 0 aliphatic carbocycles. The van der Waals surface area contributed by atoms with Crippen LogP contribution in [0, 0.1) is 5.92 Å². The lowest BCUT2D eigenvalue weighted by atomic mass is 9.95. The van der Waals surface area contributed by atoms with E-state index in [2.05, 4.69) is 4.90 Å². The van der Waals surface area contributed by atoms with E-state index in [1.54, 1.807) is 12.1 Å². The Morgan fingerprint density at radius 2 is 1.69 bits per heavy atom. The molecule has 2 fully saturated rings. The van der Waals surface area contributed by atoms with E-state index in [0.29, 0.717) is 16.0 Å². The summed E-state index contributed by atoms with van der Waals surface area (Å²) in [5, 5.41) is 9.94.